The Morgan fingerprint density at radius 3 is 2.57 bits per heavy atom. The lowest BCUT2D eigenvalue weighted by molar-refractivity contribution is 0.572. The largest absolute Gasteiger partial charge is 0.309 e. The number of hydrogen-bond acceptors (Lipinski definition) is 4. The van der Waals surface area contributed by atoms with E-state index in [0.29, 0.717) is 13.0 Å². The molecule has 4 rings (SSSR count). The number of hydrogen-bond donors (Lipinski definition) is 1. The molecule has 154 valence electrons. The minimum atomic E-state index is -3.66. The van der Waals surface area contributed by atoms with E-state index in [9.17, 15) is 8.42 Å². The quantitative estimate of drug-likeness (QED) is 0.431. The smallest absolute Gasteiger partial charge is 0.242 e. The van der Waals surface area contributed by atoms with Crippen LogP contribution in [0.2, 0.25) is 5.02 Å². The minimum absolute atomic E-state index is 0.0850. The second-order valence-corrected chi connectivity index (χ2v) is 9.12. The zero-order valence-electron chi connectivity index (χ0n) is 16.4. The van der Waals surface area contributed by atoms with Crippen molar-refractivity contribution >= 4 is 32.8 Å². The van der Waals surface area contributed by atoms with E-state index in [1.54, 1.807) is 24.4 Å². The van der Waals surface area contributed by atoms with Crippen LogP contribution in [0.25, 0.3) is 22.6 Å². The van der Waals surface area contributed by atoms with Crippen LogP contribution >= 0.6 is 11.6 Å². The summed E-state index contributed by atoms with van der Waals surface area (Å²) in [7, 11) is -3.66. The molecule has 2 heterocycles. The highest BCUT2D eigenvalue weighted by Gasteiger charge is 2.17. The van der Waals surface area contributed by atoms with E-state index in [1.807, 2.05) is 47.9 Å². The molecule has 0 spiro atoms. The molecule has 2 aromatic carbocycles. The molecule has 6 nitrogen and oxygen atoms in total. The number of benzene rings is 2. The Bertz CT molecular complexity index is 1280. The van der Waals surface area contributed by atoms with Crippen molar-refractivity contribution in [1.82, 2.24) is 19.3 Å². The van der Waals surface area contributed by atoms with Gasteiger partial charge in [-0.05, 0) is 37.6 Å². The molecule has 0 amide bonds. The van der Waals surface area contributed by atoms with E-state index < -0.39 is 10.0 Å². The second-order valence-electron chi connectivity index (χ2n) is 6.98. The molecular weight excluding hydrogens is 420 g/mol. The van der Waals surface area contributed by atoms with E-state index in [1.165, 1.54) is 11.6 Å². The predicted molar refractivity (Wildman–Crippen MR) is 119 cm³/mol. The zero-order valence-corrected chi connectivity index (χ0v) is 18.0. The molecule has 0 radical (unpaired) electrons. The lowest BCUT2D eigenvalue weighted by atomic mass is 10.1. The van der Waals surface area contributed by atoms with Gasteiger partial charge in [0.25, 0.3) is 0 Å². The first-order valence-corrected chi connectivity index (χ1v) is 11.4. The summed E-state index contributed by atoms with van der Waals surface area (Å²) >= 11 is 6.03. The van der Waals surface area contributed by atoms with Crippen molar-refractivity contribution in [3.63, 3.8) is 0 Å². The number of halogens is 1. The summed E-state index contributed by atoms with van der Waals surface area (Å²) in [6, 6.07) is 18.4. The zero-order chi connectivity index (χ0) is 21.1. The maximum atomic E-state index is 12.5. The molecule has 0 saturated carbocycles. The highest BCUT2D eigenvalue weighted by atomic mass is 35.5. The molecule has 4 aromatic rings. The molecule has 2 aromatic heterocycles. The van der Waals surface area contributed by atoms with Gasteiger partial charge in [-0.2, -0.15) is 0 Å². The van der Waals surface area contributed by atoms with Crippen LogP contribution in [-0.4, -0.2) is 29.5 Å². The molecule has 0 aliphatic heterocycles. The average molecular weight is 441 g/mol. The van der Waals surface area contributed by atoms with Crippen molar-refractivity contribution in [2.24, 2.45) is 0 Å². The lowest BCUT2D eigenvalue weighted by Crippen LogP contribution is -2.26. The number of rotatable bonds is 7. The number of nitrogens with zero attached hydrogens (tertiary/aromatic N) is 3. The van der Waals surface area contributed by atoms with Gasteiger partial charge in [-0.15, -0.1) is 0 Å². The molecule has 0 unspecified atom stereocenters. The van der Waals surface area contributed by atoms with Gasteiger partial charge in [-0.3, -0.25) is 0 Å². The van der Waals surface area contributed by atoms with Gasteiger partial charge in [-0.25, -0.2) is 23.1 Å². The Morgan fingerprint density at radius 1 is 1.03 bits per heavy atom. The fourth-order valence-corrected chi connectivity index (χ4v) is 4.87. The molecule has 0 aliphatic carbocycles. The Morgan fingerprint density at radius 2 is 1.80 bits per heavy atom. The number of aromatic nitrogens is 3. The minimum Gasteiger partial charge on any atom is -0.309 e. The van der Waals surface area contributed by atoms with Crippen LogP contribution in [-0.2, 0) is 16.6 Å². The first kappa shape index (κ1) is 20.5. The van der Waals surface area contributed by atoms with Crippen LogP contribution in [0, 0.1) is 6.92 Å². The first-order valence-electron chi connectivity index (χ1n) is 9.58. The summed E-state index contributed by atoms with van der Waals surface area (Å²) in [5.74, 6) is 0.817. The van der Waals surface area contributed by atoms with Gasteiger partial charge in [0, 0.05) is 24.8 Å². The third-order valence-electron chi connectivity index (χ3n) is 4.79. The van der Waals surface area contributed by atoms with Crippen LogP contribution in [0.15, 0.2) is 71.8 Å². The number of sulfonamides is 1. The number of aryl methyl sites for hydroxylation is 2. The van der Waals surface area contributed by atoms with Crippen molar-refractivity contribution in [3.05, 3.63) is 77.4 Å². The molecule has 30 heavy (non-hydrogen) atoms. The van der Waals surface area contributed by atoms with Crippen molar-refractivity contribution in [3.8, 4) is 11.4 Å². The normalized spacial score (nSPS) is 11.8. The lowest BCUT2D eigenvalue weighted by Gasteiger charge is -2.11. The summed E-state index contributed by atoms with van der Waals surface area (Å²) in [4.78, 5) is 9.30. The maximum absolute atomic E-state index is 12.5. The molecule has 0 bridgehead atoms. The molecule has 1 N–H and O–H groups in total. The number of pyridine rings is 1. The van der Waals surface area contributed by atoms with Gasteiger partial charge >= 0.3 is 0 Å². The fraction of sp³-hybridized carbons (Fsp3) is 0.182. The summed E-state index contributed by atoms with van der Waals surface area (Å²) in [5, 5.41) is 0.205. The van der Waals surface area contributed by atoms with Crippen LogP contribution in [0.5, 0.6) is 0 Å². The van der Waals surface area contributed by atoms with Crippen molar-refractivity contribution in [2.75, 3.05) is 6.54 Å². The second kappa shape index (κ2) is 8.55. The third-order valence-corrected chi connectivity index (χ3v) is 6.75. The number of imidazole rings is 1. The van der Waals surface area contributed by atoms with Crippen LogP contribution < -0.4 is 4.72 Å². The van der Waals surface area contributed by atoms with Gasteiger partial charge < -0.3 is 4.57 Å². The molecule has 0 aliphatic rings. The van der Waals surface area contributed by atoms with Crippen LogP contribution in [0.4, 0.5) is 0 Å². The number of fused-ring (bicyclic) bond motifs is 1. The van der Waals surface area contributed by atoms with Gasteiger partial charge in [0.2, 0.25) is 10.0 Å². The van der Waals surface area contributed by atoms with Crippen LogP contribution in [0.1, 0.15) is 12.0 Å². The molecule has 8 heteroatoms. The van der Waals surface area contributed by atoms with Gasteiger partial charge in [0.1, 0.15) is 16.2 Å². The number of nitrogens with one attached hydrogen (secondary N) is 1. The Labute approximate surface area is 180 Å². The predicted octanol–water partition coefficient (Wildman–Crippen LogP) is 4.43. The SMILES string of the molecule is Cc1ccc(-c2nc3cccnc3n2CCCNS(=O)(=O)c2ccccc2Cl)cc1. The summed E-state index contributed by atoms with van der Waals surface area (Å²) in [6.45, 7) is 2.88. The van der Waals surface area contributed by atoms with Gasteiger partial charge in [0.05, 0.1) is 5.02 Å². The topological polar surface area (TPSA) is 76.9 Å². The van der Waals surface area contributed by atoms with E-state index in [0.717, 1.165) is 22.6 Å². The monoisotopic (exact) mass is 440 g/mol. The van der Waals surface area contributed by atoms with E-state index >= 15 is 0 Å². The highest BCUT2D eigenvalue weighted by Crippen LogP contribution is 2.24. The van der Waals surface area contributed by atoms with Gasteiger partial charge in [0.15, 0.2) is 5.65 Å². The maximum Gasteiger partial charge on any atom is 0.242 e. The highest BCUT2D eigenvalue weighted by molar-refractivity contribution is 7.89. The van der Waals surface area contributed by atoms with Gasteiger partial charge in [-0.1, -0.05) is 53.6 Å². The first-order chi connectivity index (χ1) is 14.5. The van der Waals surface area contributed by atoms with Crippen molar-refractivity contribution in [2.45, 2.75) is 24.8 Å². The summed E-state index contributed by atoms with van der Waals surface area (Å²) in [5.41, 5.74) is 3.76. The van der Waals surface area contributed by atoms with Crippen molar-refractivity contribution < 1.29 is 8.42 Å². The molecule has 0 fully saturated rings. The van der Waals surface area contributed by atoms with E-state index in [-0.39, 0.29) is 16.5 Å². The molecule has 0 atom stereocenters. The third kappa shape index (κ3) is 4.23. The summed E-state index contributed by atoms with van der Waals surface area (Å²) < 4.78 is 29.7. The van der Waals surface area contributed by atoms with Crippen molar-refractivity contribution in [1.29, 1.82) is 0 Å². The molecule has 0 saturated heterocycles. The Hall–Kier alpha value is -2.74. The molecular formula is C22H21ClN4O2S. The standard InChI is InChI=1S/C22H21ClN4O2S/c1-16-9-11-17(12-10-16)21-26-19-7-4-13-24-22(19)27(21)15-5-14-25-30(28,29)20-8-3-2-6-18(20)23/h2-4,6-13,25H,5,14-15H2,1H3. The summed E-state index contributed by atoms with van der Waals surface area (Å²) in [6.07, 6.45) is 2.31. The van der Waals surface area contributed by atoms with E-state index in [4.69, 9.17) is 16.6 Å². The van der Waals surface area contributed by atoms with E-state index in [2.05, 4.69) is 9.71 Å². The Kier molecular flexibility index (Phi) is 5.85. The average Bonchev–Trinajstić information content (AvgIpc) is 3.10. The Balaban J connectivity index is 1.53. The van der Waals surface area contributed by atoms with Crippen LogP contribution in [0.3, 0.4) is 0 Å². The fourth-order valence-electron chi connectivity index (χ4n) is 3.28.